The molecular formula is C17H20N2O3. The van der Waals surface area contributed by atoms with Crippen LogP contribution in [0.4, 0.5) is 0 Å². The quantitative estimate of drug-likeness (QED) is 0.845. The molecule has 3 rings (SSSR count). The van der Waals surface area contributed by atoms with E-state index in [1.54, 1.807) is 6.07 Å². The van der Waals surface area contributed by atoms with E-state index in [0.717, 1.165) is 17.5 Å². The van der Waals surface area contributed by atoms with Crippen LogP contribution in [0.15, 0.2) is 18.2 Å². The molecule has 1 N–H and O–H groups in total. The molecule has 5 nitrogen and oxygen atoms in total. The molecular weight excluding hydrogens is 280 g/mol. The number of hydrogen-bond donors (Lipinski definition) is 1. The van der Waals surface area contributed by atoms with Crippen LogP contribution in [-0.4, -0.2) is 28.7 Å². The van der Waals surface area contributed by atoms with Crippen molar-refractivity contribution in [3.05, 3.63) is 34.9 Å². The van der Waals surface area contributed by atoms with E-state index in [4.69, 9.17) is 0 Å². The molecule has 0 bridgehead atoms. The van der Waals surface area contributed by atoms with Crippen molar-refractivity contribution in [2.75, 3.05) is 0 Å². The summed E-state index contributed by atoms with van der Waals surface area (Å²) in [6.07, 6.45) is 0.931. The van der Waals surface area contributed by atoms with Crippen LogP contribution >= 0.6 is 0 Å². The van der Waals surface area contributed by atoms with E-state index < -0.39 is 6.04 Å². The molecule has 1 fully saturated rings. The third-order valence-corrected chi connectivity index (χ3v) is 4.13. The van der Waals surface area contributed by atoms with Crippen LogP contribution in [0.2, 0.25) is 0 Å². The summed E-state index contributed by atoms with van der Waals surface area (Å²) in [5.74, 6) is -0.835. The zero-order chi connectivity index (χ0) is 16.1. The molecule has 2 aliphatic rings. The molecule has 1 saturated heterocycles. The van der Waals surface area contributed by atoms with Crippen LogP contribution in [0.5, 0.6) is 0 Å². The summed E-state index contributed by atoms with van der Waals surface area (Å²) in [5, 5.41) is 2.27. The minimum Gasteiger partial charge on any atom is -0.322 e. The van der Waals surface area contributed by atoms with Crippen molar-refractivity contribution in [3.63, 3.8) is 0 Å². The fourth-order valence-electron chi connectivity index (χ4n) is 3.20. The first kappa shape index (κ1) is 14.8. The van der Waals surface area contributed by atoms with Gasteiger partial charge in [0, 0.05) is 12.1 Å². The smallest absolute Gasteiger partial charge is 0.255 e. The first-order valence-electron chi connectivity index (χ1n) is 7.52. The van der Waals surface area contributed by atoms with Crippen LogP contribution in [0.1, 0.15) is 48.7 Å². The summed E-state index contributed by atoms with van der Waals surface area (Å²) in [6.45, 7) is 6.88. The fraction of sp³-hybridized carbons (Fsp3) is 0.471. The van der Waals surface area contributed by atoms with Gasteiger partial charge in [0.2, 0.25) is 11.8 Å². The average molecular weight is 300 g/mol. The Morgan fingerprint density at radius 1 is 1.23 bits per heavy atom. The van der Waals surface area contributed by atoms with Gasteiger partial charge in [-0.05, 0) is 29.0 Å². The van der Waals surface area contributed by atoms with Crippen molar-refractivity contribution in [1.82, 2.24) is 10.2 Å². The van der Waals surface area contributed by atoms with Crippen molar-refractivity contribution in [3.8, 4) is 0 Å². The summed E-state index contributed by atoms with van der Waals surface area (Å²) in [4.78, 5) is 37.4. The van der Waals surface area contributed by atoms with Gasteiger partial charge in [-0.15, -0.1) is 0 Å². The molecule has 1 unspecified atom stereocenters. The van der Waals surface area contributed by atoms with Crippen LogP contribution in [0.3, 0.4) is 0 Å². The standard InChI is InChI=1S/C17H20N2O3/c1-17(2,3)8-10-5-4-6-11-12(10)9-19(16(11)22)13-7-14(20)18-15(13)21/h4-6,13H,7-9H2,1-3H3,(H,18,20,21). The van der Waals surface area contributed by atoms with E-state index in [1.807, 2.05) is 12.1 Å². The molecule has 2 aliphatic heterocycles. The molecule has 0 saturated carbocycles. The van der Waals surface area contributed by atoms with Crippen molar-refractivity contribution in [1.29, 1.82) is 0 Å². The molecule has 0 spiro atoms. The number of nitrogens with zero attached hydrogens (tertiary/aromatic N) is 1. The lowest BCUT2D eigenvalue weighted by molar-refractivity contribution is -0.126. The second-order valence-electron chi connectivity index (χ2n) is 7.25. The lowest BCUT2D eigenvalue weighted by Crippen LogP contribution is -2.40. The van der Waals surface area contributed by atoms with Crippen LogP contribution < -0.4 is 5.32 Å². The van der Waals surface area contributed by atoms with Crippen molar-refractivity contribution in [2.24, 2.45) is 5.41 Å². The van der Waals surface area contributed by atoms with E-state index in [-0.39, 0.29) is 29.6 Å². The highest BCUT2D eigenvalue weighted by atomic mass is 16.2. The maximum atomic E-state index is 12.6. The van der Waals surface area contributed by atoms with Gasteiger partial charge in [0.15, 0.2) is 0 Å². The SMILES string of the molecule is CC(C)(C)Cc1cccc2c1CN(C1CC(=O)NC1=O)C2=O. The van der Waals surface area contributed by atoms with Gasteiger partial charge in [0.25, 0.3) is 5.91 Å². The first-order chi connectivity index (χ1) is 10.3. The minimum atomic E-state index is -0.671. The van der Waals surface area contributed by atoms with Gasteiger partial charge in [-0.3, -0.25) is 19.7 Å². The van der Waals surface area contributed by atoms with Crippen LogP contribution in [-0.2, 0) is 22.6 Å². The Balaban J connectivity index is 1.92. The predicted molar refractivity (Wildman–Crippen MR) is 81.0 cm³/mol. The Hall–Kier alpha value is -2.17. The molecule has 0 aromatic heterocycles. The lowest BCUT2D eigenvalue weighted by atomic mass is 9.85. The third-order valence-electron chi connectivity index (χ3n) is 4.13. The number of amides is 3. The highest BCUT2D eigenvalue weighted by molar-refractivity contribution is 6.09. The van der Waals surface area contributed by atoms with Crippen LogP contribution in [0.25, 0.3) is 0 Å². The summed E-state index contributed by atoms with van der Waals surface area (Å²) in [6, 6.07) is 5.07. The number of rotatable bonds is 2. The van der Waals surface area contributed by atoms with Crippen molar-refractivity contribution < 1.29 is 14.4 Å². The molecule has 5 heteroatoms. The molecule has 2 heterocycles. The van der Waals surface area contributed by atoms with E-state index in [2.05, 4.69) is 26.1 Å². The Morgan fingerprint density at radius 2 is 1.95 bits per heavy atom. The molecule has 1 aromatic rings. The summed E-state index contributed by atoms with van der Waals surface area (Å²) >= 11 is 0. The fourth-order valence-corrected chi connectivity index (χ4v) is 3.20. The number of hydrogen-bond acceptors (Lipinski definition) is 3. The number of benzene rings is 1. The Morgan fingerprint density at radius 3 is 2.55 bits per heavy atom. The van der Waals surface area contributed by atoms with Crippen molar-refractivity contribution in [2.45, 2.75) is 46.2 Å². The van der Waals surface area contributed by atoms with Gasteiger partial charge in [-0.2, -0.15) is 0 Å². The third kappa shape index (κ3) is 2.51. The maximum Gasteiger partial charge on any atom is 0.255 e. The minimum absolute atomic E-state index is 0.0627. The highest BCUT2D eigenvalue weighted by Crippen LogP contribution is 2.32. The van der Waals surface area contributed by atoms with Gasteiger partial charge in [-0.25, -0.2) is 0 Å². The summed E-state index contributed by atoms with van der Waals surface area (Å²) < 4.78 is 0. The van der Waals surface area contributed by atoms with Crippen LogP contribution in [0, 0.1) is 5.41 Å². The first-order valence-corrected chi connectivity index (χ1v) is 7.52. The lowest BCUT2D eigenvalue weighted by Gasteiger charge is -2.22. The average Bonchev–Trinajstić information content (AvgIpc) is 2.89. The van der Waals surface area contributed by atoms with E-state index >= 15 is 0 Å². The Bertz CT molecular complexity index is 673. The van der Waals surface area contributed by atoms with Crippen molar-refractivity contribution >= 4 is 17.7 Å². The molecule has 1 atom stereocenters. The predicted octanol–water partition coefficient (Wildman–Crippen LogP) is 1.65. The summed E-state index contributed by atoms with van der Waals surface area (Å²) in [5.41, 5.74) is 2.92. The highest BCUT2D eigenvalue weighted by Gasteiger charge is 2.42. The van der Waals surface area contributed by atoms with Gasteiger partial charge < -0.3 is 4.90 Å². The normalized spacial score (nSPS) is 21.3. The van der Waals surface area contributed by atoms with E-state index in [1.165, 1.54) is 4.90 Å². The van der Waals surface area contributed by atoms with Gasteiger partial charge >= 0.3 is 0 Å². The summed E-state index contributed by atoms with van der Waals surface area (Å²) in [7, 11) is 0. The zero-order valence-corrected chi connectivity index (χ0v) is 13.1. The second kappa shape index (κ2) is 4.93. The molecule has 116 valence electrons. The molecule has 0 radical (unpaired) electrons. The molecule has 3 amide bonds. The molecule has 0 aliphatic carbocycles. The zero-order valence-electron chi connectivity index (χ0n) is 13.1. The van der Waals surface area contributed by atoms with E-state index in [9.17, 15) is 14.4 Å². The number of fused-ring (bicyclic) bond motifs is 1. The monoisotopic (exact) mass is 300 g/mol. The van der Waals surface area contributed by atoms with Gasteiger partial charge in [0.1, 0.15) is 6.04 Å². The largest absolute Gasteiger partial charge is 0.322 e. The molecule has 22 heavy (non-hydrogen) atoms. The topological polar surface area (TPSA) is 66.5 Å². The molecule has 1 aromatic carbocycles. The number of imide groups is 1. The number of carbonyl (C=O) groups is 3. The van der Waals surface area contributed by atoms with E-state index in [0.29, 0.717) is 12.1 Å². The maximum absolute atomic E-state index is 12.6. The second-order valence-corrected chi connectivity index (χ2v) is 7.25. The number of carbonyl (C=O) groups excluding carboxylic acids is 3. The Kier molecular flexibility index (Phi) is 3.31. The van der Waals surface area contributed by atoms with Gasteiger partial charge in [-0.1, -0.05) is 32.9 Å². The number of nitrogens with one attached hydrogen (secondary N) is 1. The Labute approximate surface area is 129 Å². The van der Waals surface area contributed by atoms with Gasteiger partial charge in [0.05, 0.1) is 6.42 Å².